The molecule has 0 unspecified atom stereocenters. The Morgan fingerprint density at radius 2 is 2.00 bits per heavy atom. The molecule has 0 fully saturated rings. The van der Waals surface area contributed by atoms with Gasteiger partial charge in [-0.15, -0.1) is 0 Å². The van der Waals surface area contributed by atoms with Crippen molar-refractivity contribution in [3.05, 3.63) is 42.2 Å². The lowest BCUT2D eigenvalue weighted by Crippen LogP contribution is -1.99. The number of nitrogens with one attached hydrogen (secondary N) is 1. The zero-order chi connectivity index (χ0) is 13.5. The summed E-state index contributed by atoms with van der Waals surface area (Å²) in [7, 11) is 0. The molecule has 0 aliphatic heterocycles. The van der Waals surface area contributed by atoms with Gasteiger partial charge >= 0.3 is 0 Å². The Hall–Kier alpha value is -1.97. The molecule has 0 saturated carbocycles. The van der Waals surface area contributed by atoms with Crippen LogP contribution >= 0.6 is 0 Å². The molecule has 1 N–H and O–H groups in total. The third kappa shape index (κ3) is 4.02. The largest absolute Gasteiger partial charge is 0.494 e. The quantitative estimate of drug-likeness (QED) is 0.829. The van der Waals surface area contributed by atoms with Crippen molar-refractivity contribution in [3.8, 4) is 5.75 Å². The number of hydrogen-bond acceptors (Lipinski definition) is 3. The van der Waals surface area contributed by atoms with Gasteiger partial charge in [-0.25, -0.2) is 0 Å². The molecular weight excluding hydrogens is 238 g/mol. The van der Waals surface area contributed by atoms with Gasteiger partial charge in [0.2, 0.25) is 0 Å². The van der Waals surface area contributed by atoms with Gasteiger partial charge in [0.25, 0.3) is 0 Å². The molecular formula is C15H21N3O. The molecule has 102 valence electrons. The lowest BCUT2D eigenvalue weighted by Gasteiger charge is -2.06. The minimum Gasteiger partial charge on any atom is -0.494 e. The van der Waals surface area contributed by atoms with Gasteiger partial charge in [-0.2, -0.15) is 5.10 Å². The summed E-state index contributed by atoms with van der Waals surface area (Å²) in [6.07, 6.45) is 5.00. The van der Waals surface area contributed by atoms with Crippen molar-refractivity contribution >= 4 is 5.69 Å². The number of benzene rings is 1. The van der Waals surface area contributed by atoms with E-state index in [-0.39, 0.29) is 0 Å². The number of nitrogens with zero attached hydrogens (tertiary/aromatic N) is 2. The lowest BCUT2D eigenvalue weighted by molar-refractivity contribution is 0.340. The van der Waals surface area contributed by atoms with Crippen LogP contribution in [0.1, 0.15) is 25.8 Å². The number of aryl methyl sites for hydroxylation is 1. The van der Waals surface area contributed by atoms with Crippen LogP contribution in [-0.4, -0.2) is 16.4 Å². The number of hydrogen-bond donors (Lipinski definition) is 1. The zero-order valence-electron chi connectivity index (χ0n) is 11.6. The molecule has 0 saturated heterocycles. The minimum absolute atomic E-state index is 0.703. The van der Waals surface area contributed by atoms with Gasteiger partial charge in [0, 0.05) is 19.3 Å². The number of ether oxygens (including phenoxy) is 1. The van der Waals surface area contributed by atoms with Gasteiger partial charge in [0.15, 0.2) is 0 Å². The predicted octanol–water partition coefficient (Wildman–Crippen LogP) is 3.30. The standard InChI is InChI=1S/C15H21N3O/c1-3-9-18-12-14(11-17-18)16-10-13-5-7-15(8-6-13)19-4-2/h5-8,11-12,16H,3-4,9-10H2,1-2H3. The van der Waals surface area contributed by atoms with Gasteiger partial charge in [-0.05, 0) is 31.0 Å². The molecule has 1 aromatic carbocycles. The Bertz CT molecular complexity index is 490. The molecule has 0 spiro atoms. The topological polar surface area (TPSA) is 39.1 Å². The average Bonchev–Trinajstić information content (AvgIpc) is 2.87. The zero-order valence-corrected chi connectivity index (χ0v) is 11.6. The van der Waals surface area contributed by atoms with Crippen LogP contribution in [0, 0.1) is 0 Å². The fraction of sp³-hybridized carbons (Fsp3) is 0.400. The predicted molar refractivity (Wildman–Crippen MR) is 77.5 cm³/mol. The fourth-order valence-corrected chi connectivity index (χ4v) is 1.88. The summed E-state index contributed by atoms with van der Waals surface area (Å²) < 4.78 is 7.38. The molecule has 1 heterocycles. The second-order valence-electron chi connectivity index (χ2n) is 4.42. The van der Waals surface area contributed by atoms with Crippen molar-refractivity contribution in [3.63, 3.8) is 0 Å². The van der Waals surface area contributed by atoms with E-state index >= 15 is 0 Å². The first kappa shape index (κ1) is 13.5. The monoisotopic (exact) mass is 259 g/mol. The van der Waals surface area contributed by atoms with Crippen LogP contribution in [0.25, 0.3) is 0 Å². The van der Waals surface area contributed by atoms with Gasteiger partial charge in [0.05, 0.1) is 18.5 Å². The molecule has 4 nitrogen and oxygen atoms in total. The Morgan fingerprint density at radius 1 is 1.21 bits per heavy atom. The van der Waals surface area contributed by atoms with Gasteiger partial charge < -0.3 is 10.1 Å². The van der Waals surface area contributed by atoms with Gasteiger partial charge in [-0.1, -0.05) is 19.1 Å². The molecule has 2 rings (SSSR count). The normalized spacial score (nSPS) is 10.4. The van der Waals surface area contributed by atoms with Crippen LogP contribution in [0.15, 0.2) is 36.7 Å². The van der Waals surface area contributed by atoms with Crippen LogP contribution in [0.2, 0.25) is 0 Å². The van der Waals surface area contributed by atoms with E-state index in [1.165, 1.54) is 5.56 Å². The molecule has 4 heteroatoms. The molecule has 0 aliphatic rings. The summed E-state index contributed by atoms with van der Waals surface area (Å²) in [4.78, 5) is 0. The van der Waals surface area contributed by atoms with Crippen molar-refractivity contribution in [2.45, 2.75) is 33.4 Å². The molecule has 1 aromatic heterocycles. The van der Waals surface area contributed by atoms with Crippen molar-refractivity contribution in [1.29, 1.82) is 0 Å². The van der Waals surface area contributed by atoms with E-state index < -0.39 is 0 Å². The number of aromatic nitrogens is 2. The third-order valence-corrected chi connectivity index (χ3v) is 2.82. The van der Waals surface area contributed by atoms with E-state index in [0.717, 1.165) is 30.9 Å². The highest BCUT2D eigenvalue weighted by Crippen LogP contribution is 2.13. The first-order chi connectivity index (χ1) is 9.31. The summed E-state index contributed by atoms with van der Waals surface area (Å²) in [5.74, 6) is 0.919. The first-order valence-corrected chi connectivity index (χ1v) is 6.80. The molecule has 2 aromatic rings. The van der Waals surface area contributed by atoms with E-state index in [1.807, 2.05) is 36.1 Å². The highest BCUT2D eigenvalue weighted by molar-refractivity contribution is 5.39. The maximum atomic E-state index is 5.42. The van der Waals surface area contributed by atoms with E-state index in [2.05, 4.69) is 29.5 Å². The Labute approximate surface area is 114 Å². The summed E-state index contributed by atoms with van der Waals surface area (Å²) in [6.45, 7) is 6.60. The van der Waals surface area contributed by atoms with Crippen LogP contribution < -0.4 is 10.1 Å². The Balaban J connectivity index is 1.86. The van der Waals surface area contributed by atoms with Crippen molar-refractivity contribution < 1.29 is 4.74 Å². The smallest absolute Gasteiger partial charge is 0.119 e. The lowest BCUT2D eigenvalue weighted by atomic mass is 10.2. The maximum Gasteiger partial charge on any atom is 0.119 e. The Kier molecular flexibility index (Phi) is 4.84. The van der Waals surface area contributed by atoms with E-state index in [0.29, 0.717) is 6.61 Å². The van der Waals surface area contributed by atoms with Crippen LogP contribution in [0.5, 0.6) is 5.75 Å². The summed E-state index contributed by atoms with van der Waals surface area (Å²) in [5.41, 5.74) is 2.29. The molecule has 0 radical (unpaired) electrons. The van der Waals surface area contributed by atoms with Crippen molar-refractivity contribution in [2.75, 3.05) is 11.9 Å². The molecule has 0 amide bonds. The summed E-state index contributed by atoms with van der Waals surface area (Å²) in [6, 6.07) is 8.16. The molecule has 0 aliphatic carbocycles. The van der Waals surface area contributed by atoms with E-state index in [9.17, 15) is 0 Å². The van der Waals surface area contributed by atoms with Crippen LogP contribution in [-0.2, 0) is 13.1 Å². The van der Waals surface area contributed by atoms with Gasteiger partial charge in [0.1, 0.15) is 5.75 Å². The third-order valence-electron chi connectivity index (χ3n) is 2.82. The van der Waals surface area contributed by atoms with Crippen molar-refractivity contribution in [2.24, 2.45) is 0 Å². The second-order valence-corrected chi connectivity index (χ2v) is 4.42. The second kappa shape index (κ2) is 6.83. The first-order valence-electron chi connectivity index (χ1n) is 6.80. The average molecular weight is 259 g/mol. The number of rotatable bonds is 7. The number of anilines is 1. The minimum atomic E-state index is 0.703. The van der Waals surface area contributed by atoms with Gasteiger partial charge in [-0.3, -0.25) is 4.68 Å². The highest BCUT2D eigenvalue weighted by atomic mass is 16.5. The molecule has 0 atom stereocenters. The van der Waals surface area contributed by atoms with E-state index in [1.54, 1.807) is 0 Å². The van der Waals surface area contributed by atoms with E-state index in [4.69, 9.17) is 4.74 Å². The van der Waals surface area contributed by atoms with Crippen LogP contribution in [0.4, 0.5) is 5.69 Å². The van der Waals surface area contributed by atoms with Crippen molar-refractivity contribution in [1.82, 2.24) is 9.78 Å². The fourth-order valence-electron chi connectivity index (χ4n) is 1.88. The van der Waals surface area contributed by atoms with Crippen LogP contribution in [0.3, 0.4) is 0 Å². The summed E-state index contributed by atoms with van der Waals surface area (Å²) in [5, 5.41) is 7.66. The molecule has 19 heavy (non-hydrogen) atoms. The maximum absolute atomic E-state index is 5.42. The highest BCUT2D eigenvalue weighted by Gasteiger charge is 1.98. The summed E-state index contributed by atoms with van der Waals surface area (Å²) >= 11 is 0. The Morgan fingerprint density at radius 3 is 2.68 bits per heavy atom. The SMILES string of the molecule is CCCn1cc(NCc2ccc(OCC)cc2)cn1. The molecule has 0 bridgehead atoms.